The number of aromatic nitrogens is 2. The average molecular weight is 416 g/mol. The Kier molecular flexibility index (Phi) is 5.35. The van der Waals surface area contributed by atoms with Crippen molar-refractivity contribution in [3.63, 3.8) is 0 Å². The van der Waals surface area contributed by atoms with E-state index >= 15 is 0 Å². The monoisotopic (exact) mass is 415 g/mol. The molecule has 0 bridgehead atoms. The summed E-state index contributed by atoms with van der Waals surface area (Å²) in [5.74, 6) is 2.00. The summed E-state index contributed by atoms with van der Waals surface area (Å²) < 4.78 is 0. The standard InChI is InChI=1S/C20H25N5OS2/c1-13-14(2)28-20-17(13)19(21-18(22-20)15-6-5-11-27-15)25-9-7-24(8-10-25)12-16(26)23(3)4/h5-6,11H,7-10,12H2,1-4H3. The van der Waals surface area contributed by atoms with Gasteiger partial charge in [-0.2, -0.15) is 0 Å². The van der Waals surface area contributed by atoms with Crippen molar-refractivity contribution < 1.29 is 4.79 Å². The van der Waals surface area contributed by atoms with Gasteiger partial charge in [0.15, 0.2) is 5.82 Å². The maximum Gasteiger partial charge on any atom is 0.236 e. The van der Waals surface area contributed by atoms with Gasteiger partial charge in [-0.25, -0.2) is 9.97 Å². The minimum absolute atomic E-state index is 0.155. The van der Waals surface area contributed by atoms with E-state index in [1.807, 2.05) is 20.2 Å². The number of fused-ring (bicyclic) bond motifs is 1. The number of anilines is 1. The van der Waals surface area contributed by atoms with Crippen LogP contribution in [0.1, 0.15) is 10.4 Å². The van der Waals surface area contributed by atoms with Crippen molar-refractivity contribution in [1.82, 2.24) is 19.8 Å². The highest BCUT2D eigenvalue weighted by molar-refractivity contribution is 7.19. The molecular weight excluding hydrogens is 390 g/mol. The van der Waals surface area contributed by atoms with E-state index in [1.54, 1.807) is 27.6 Å². The molecule has 0 saturated carbocycles. The van der Waals surface area contributed by atoms with Gasteiger partial charge in [0.05, 0.1) is 16.8 Å². The summed E-state index contributed by atoms with van der Waals surface area (Å²) >= 11 is 3.42. The molecule has 6 nitrogen and oxygen atoms in total. The van der Waals surface area contributed by atoms with Crippen LogP contribution in [-0.4, -0.2) is 72.5 Å². The Morgan fingerprint density at radius 3 is 2.57 bits per heavy atom. The molecule has 0 aliphatic carbocycles. The Hall–Kier alpha value is -2.03. The minimum atomic E-state index is 0.155. The number of hydrogen-bond donors (Lipinski definition) is 0. The summed E-state index contributed by atoms with van der Waals surface area (Å²) in [6.45, 7) is 8.26. The molecule has 4 rings (SSSR count). The third-order valence-electron chi connectivity index (χ3n) is 5.28. The molecule has 0 spiro atoms. The number of thiophene rings is 2. The lowest BCUT2D eigenvalue weighted by Gasteiger charge is -2.35. The number of amides is 1. The lowest BCUT2D eigenvalue weighted by molar-refractivity contribution is -0.129. The third kappa shape index (κ3) is 3.64. The highest BCUT2D eigenvalue weighted by Crippen LogP contribution is 2.37. The van der Waals surface area contributed by atoms with Crippen molar-refractivity contribution in [2.75, 3.05) is 51.7 Å². The topological polar surface area (TPSA) is 52.6 Å². The molecule has 1 fully saturated rings. The zero-order chi connectivity index (χ0) is 19.8. The minimum Gasteiger partial charge on any atom is -0.353 e. The number of rotatable bonds is 4. The lowest BCUT2D eigenvalue weighted by atomic mass is 10.2. The Labute approximate surface area is 173 Å². The molecule has 1 aliphatic heterocycles. The molecule has 0 atom stereocenters. The van der Waals surface area contributed by atoms with Gasteiger partial charge < -0.3 is 9.80 Å². The fourth-order valence-corrected chi connectivity index (χ4v) is 5.11. The first-order valence-corrected chi connectivity index (χ1v) is 11.1. The molecule has 0 aromatic carbocycles. The van der Waals surface area contributed by atoms with E-state index < -0.39 is 0 Å². The van der Waals surface area contributed by atoms with E-state index in [1.165, 1.54) is 15.8 Å². The number of carbonyl (C=O) groups excluding carboxylic acids is 1. The number of aryl methyl sites for hydroxylation is 2. The van der Waals surface area contributed by atoms with Gasteiger partial charge in [0, 0.05) is 45.2 Å². The first kappa shape index (κ1) is 19.3. The van der Waals surface area contributed by atoms with Crippen LogP contribution < -0.4 is 4.90 Å². The molecule has 1 aliphatic rings. The molecule has 28 heavy (non-hydrogen) atoms. The molecule has 0 unspecified atom stereocenters. The van der Waals surface area contributed by atoms with Gasteiger partial charge in [0.25, 0.3) is 0 Å². The van der Waals surface area contributed by atoms with E-state index in [0.717, 1.165) is 47.5 Å². The molecule has 3 aromatic rings. The van der Waals surface area contributed by atoms with Gasteiger partial charge >= 0.3 is 0 Å². The normalized spacial score (nSPS) is 15.4. The molecule has 4 heterocycles. The Morgan fingerprint density at radius 1 is 1.18 bits per heavy atom. The van der Waals surface area contributed by atoms with Gasteiger partial charge in [0.1, 0.15) is 10.6 Å². The quantitative estimate of drug-likeness (QED) is 0.655. The van der Waals surface area contributed by atoms with Crippen LogP contribution in [-0.2, 0) is 4.79 Å². The number of carbonyl (C=O) groups is 1. The van der Waals surface area contributed by atoms with Crippen molar-refractivity contribution in [2.45, 2.75) is 13.8 Å². The zero-order valence-electron chi connectivity index (χ0n) is 16.7. The Bertz CT molecular complexity index is 988. The summed E-state index contributed by atoms with van der Waals surface area (Å²) in [5.41, 5.74) is 1.28. The maximum atomic E-state index is 12.0. The average Bonchev–Trinajstić information content (AvgIpc) is 3.30. The summed E-state index contributed by atoms with van der Waals surface area (Å²) in [6.07, 6.45) is 0. The molecule has 148 valence electrons. The Morgan fingerprint density at radius 2 is 1.93 bits per heavy atom. The second-order valence-electron chi connectivity index (χ2n) is 7.36. The zero-order valence-corrected chi connectivity index (χ0v) is 18.4. The fraction of sp³-hybridized carbons (Fsp3) is 0.450. The van der Waals surface area contributed by atoms with Crippen molar-refractivity contribution in [3.8, 4) is 10.7 Å². The van der Waals surface area contributed by atoms with E-state index in [0.29, 0.717) is 6.54 Å². The summed E-state index contributed by atoms with van der Waals surface area (Å²) in [4.78, 5) is 31.6. The first-order valence-electron chi connectivity index (χ1n) is 9.43. The van der Waals surface area contributed by atoms with Crippen molar-refractivity contribution in [2.24, 2.45) is 0 Å². The van der Waals surface area contributed by atoms with Crippen molar-refractivity contribution >= 4 is 44.6 Å². The Balaban J connectivity index is 1.64. The molecule has 1 saturated heterocycles. The maximum absolute atomic E-state index is 12.0. The van der Waals surface area contributed by atoms with Crippen LogP contribution in [0.2, 0.25) is 0 Å². The van der Waals surface area contributed by atoms with E-state index in [-0.39, 0.29) is 5.91 Å². The first-order chi connectivity index (χ1) is 13.4. The molecule has 1 amide bonds. The molecule has 0 N–H and O–H groups in total. The highest BCUT2D eigenvalue weighted by atomic mass is 32.1. The highest BCUT2D eigenvalue weighted by Gasteiger charge is 2.25. The second kappa shape index (κ2) is 7.77. The molecule has 3 aromatic heterocycles. The van der Waals surface area contributed by atoms with Gasteiger partial charge in [0.2, 0.25) is 5.91 Å². The van der Waals surface area contributed by atoms with E-state index in [4.69, 9.17) is 9.97 Å². The van der Waals surface area contributed by atoms with Crippen LogP contribution in [0.15, 0.2) is 17.5 Å². The van der Waals surface area contributed by atoms with Gasteiger partial charge in [-0.3, -0.25) is 9.69 Å². The summed E-state index contributed by atoms with van der Waals surface area (Å²) in [7, 11) is 3.62. The van der Waals surface area contributed by atoms with Gasteiger partial charge in [-0.15, -0.1) is 22.7 Å². The van der Waals surface area contributed by atoms with E-state index in [9.17, 15) is 4.79 Å². The number of likely N-dealkylation sites (N-methyl/N-ethyl adjacent to an activating group) is 1. The predicted octanol–water partition coefficient (Wildman–Crippen LogP) is 3.25. The molecule has 8 heteroatoms. The largest absolute Gasteiger partial charge is 0.353 e. The third-order valence-corrected chi connectivity index (χ3v) is 7.25. The van der Waals surface area contributed by atoms with Crippen LogP contribution in [0.4, 0.5) is 5.82 Å². The number of hydrogen-bond acceptors (Lipinski definition) is 7. The van der Waals surface area contributed by atoms with Crippen LogP contribution in [0, 0.1) is 13.8 Å². The van der Waals surface area contributed by atoms with Crippen LogP contribution in [0.5, 0.6) is 0 Å². The van der Waals surface area contributed by atoms with Crippen LogP contribution >= 0.6 is 22.7 Å². The summed E-state index contributed by atoms with van der Waals surface area (Å²) in [5, 5.41) is 3.24. The number of nitrogens with zero attached hydrogens (tertiary/aromatic N) is 5. The smallest absolute Gasteiger partial charge is 0.236 e. The van der Waals surface area contributed by atoms with Crippen molar-refractivity contribution in [1.29, 1.82) is 0 Å². The number of piperazine rings is 1. The summed E-state index contributed by atoms with van der Waals surface area (Å²) in [6, 6.07) is 4.12. The second-order valence-corrected chi connectivity index (χ2v) is 9.51. The van der Waals surface area contributed by atoms with Gasteiger partial charge in [-0.05, 0) is 30.9 Å². The van der Waals surface area contributed by atoms with Crippen LogP contribution in [0.3, 0.4) is 0 Å². The van der Waals surface area contributed by atoms with Gasteiger partial charge in [-0.1, -0.05) is 6.07 Å². The van der Waals surface area contributed by atoms with E-state index in [2.05, 4.69) is 35.1 Å². The molecular formula is C20H25N5OS2. The predicted molar refractivity (Wildman–Crippen MR) is 118 cm³/mol. The molecule has 0 radical (unpaired) electrons. The van der Waals surface area contributed by atoms with Crippen molar-refractivity contribution in [3.05, 3.63) is 28.0 Å². The fourth-order valence-electron chi connectivity index (χ4n) is 3.42. The SMILES string of the molecule is Cc1sc2nc(-c3cccs3)nc(N3CCN(CC(=O)N(C)C)CC3)c2c1C. The van der Waals surface area contributed by atoms with Crippen LogP contribution in [0.25, 0.3) is 20.9 Å². The lowest BCUT2D eigenvalue weighted by Crippen LogP contribution is -2.49.